The summed E-state index contributed by atoms with van der Waals surface area (Å²) in [6, 6.07) is 7.16. The van der Waals surface area contributed by atoms with Crippen LogP contribution in [0.5, 0.6) is 5.75 Å². The Kier molecular flexibility index (Phi) is 3.73. The number of carbonyl (C=O) groups excluding carboxylic acids is 1. The van der Waals surface area contributed by atoms with Crippen LogP contribution >= 0.6 is 0 Å². The van der Waals surface area contributed by atoms with E-state index in [-0.39, 0.29) is 0 Å². The highest BCUT2D eigenvalue weighted by molar-refractivity contribution is 5.71. The van der Waals surface area contributed by atoms with Crippen molar-refractivity contribution in [3.63, 3.8) is 0 Å². The molecule has 1 aromatic rings. The summed E-state index contributed by atoms with van der Waals surface area (Å²) in [5, 5.41) is 2.55. The minimum atomic E-state index is 0.514. The molecule has 1 amide bonds. The Balaban J connectivity index is 2.54. The summed E-state index contributed by atoms with van der Waals surface area (Å²) in [7, 11) is 0. The van der Waals surface area contributed by atoms with E-state index in [1.165, 1.54) is 0 Å². The fourth-order valence-corrected chi connectivity index (χ4v) is 0.922. The number of carbonyl (C=O) groups is 1. The second kappa shape index (κ2) is 5.07. The van der Waals surface area contributed by atoms with Gasteiger partial charge in [-0.05, 0) is 36.8 Å². The van der Waals surface area contributed by atoms with E-state index in [1.54, 1.807) is 24.3 Å². The van der Waals surface area contributed by atoms with Crippen LogP contribution in [0.15, 0.2) is 36.4 Å². The summed E-state index contributed by atoms with van der Waals surface area (Å²) in [5.74, 6) is 0.768. The molecule has 0 radical (unpaired) electrons. The van der Waals surface area contributed by atoms with Crippen molar-refractivity contribution in [3.8, 4) is 5.75 Å². The molecule has 0 fully saturated rings. The van der Waals surface area contributed by atoms with Crippen molar-refractivity contribution in [3.05, 3.63) is 36.4 Å². The third-order valence-electron chi connectivity index (χ3n) is 1.57. The van der Waals surface area contributed by atoms with Crippen LogP contribution in [-0.4, -0.2) is 13.0 Å². The number of benzene rings is 1. The lowest BCUT2D eigenvalue weighted by molar-refractivity contribution is -0.105. The number of nitrogens with one attached hydrogen (secondary N) is 1. The second-order valence-electron chi connectivity index (χ2n) is 3.03. The Hall–Kier alpha value is -1.77. The molecule has 0 saturated carbocycles. The lowest BCUT2D eigenvalue weighted by Crippen LogP contribution is -1.98. The van der Waals surface area contributed by atoms with Gasteiger partial charge in [0.05, 0.1) is 0 Å². The Labute approximate surface area is 83.4 Å². The molecule has 3 nitrogen and oxygen atoms in total. The highest BCUT2D eigenvalue weighted by atomic mass is 16.5. The van der Waals surface area contributed by atoms with E-state index in [9.17, 15) is 4.79 Å². The summed E-state index contributed by atoms with van der Waals surface area (Å²) < 4.78 is 5.38. The Bertz CT molecular complexity index is 317. The molecule has 74 valence electrons. The van der Waals surface area contributed by atoms with Crippen LogP contribution in [0.2, 0.25) is 0 Å². The van der Waals surface area contributed by atoms with Crippen LogP contribution in [0.25, 0.3) is 0 Å². The maximum Gasteiger partial charge on any atom is 0.211 e. The van der Waals surface area contributed by atoms with Gasteiger partial charge in [-0.25, -0.2) is 0 Å². The first-order chi connectivity index (χ1) is 6.72. The molecule has 0 bridgehead atoms. The van der Waals surface area contributed by atoms with Crippen molar-refractivity contribution >= 4 is 12.1 Å². The van der Waals surface area contributed by atoms with Crippen LogP contribution in [-0.2, 0) is 4.79 Å². The smallest absolute Gasteiger partial charge is 0.211 e. The molecule has 1 N–H and O–H groups in total. The van der Waals surface area contributed by atoms with Gasteiger partial charge in [-0.2, -0.15) is 0 Å². The monoisotopic (exact) mass is 191 g/mol. The molecular formula is C11H13NO2. The van der Waals surface area contributed by atoms with Gasteiger partial charge >= 0.3 is 0 Å². The number of ether oxygens (including phenoxy) is 1. The molecule has 0 spiro atoms. The van der Waals surface area contributed by atoms with Crippen molar-refractivity contribution in [2.75, 3.05) is 11.9 Å². The summed E-state index contributed by atoms with van der Waals surface area (Å²) in [6.07, 6.45) is 0.643. The minimum Gasteiger partial charge on any atom is -0.489 e. The van der Waals surface area contributed by atoms with Crippen LogP contribution in [0, 0.1) is 0 Å². The van der Waals surface area contributed by atoms with Crippen molar-refractivity contribution in [2.24, 2.45) is 0 Å². The van der Waals surface area contributed by atoms with Gasteiger partial charge in [0.1, 0.15) is 12.4 Å². The molecule has 0 saturated heterocycles. The second-order valence-corrected chi connectivity index (χ2v) is 3.03. The normalized spacial score (nSPS) is 9.21. The first kappa shape index (κ1) is 10.3. The van der Waals surface area contributed by atoms with Gasteiger partial charge in [0.25, 0.3) is 0 Å². The molecule has 0 aliphatic heterocycles. The van der Waals surface area contributed by atoms with Crippen molar-refractivity contribution < 1.29 is 9.53 Å². The van der Waals surface area contributed by atoms with Crippen molar-refractivity contribution in [2.45, 2.75) is 6.92 Å². The molecule has 14 heavy (non-hydrogen) atoms. The van der Waals surface area contributed by atoms with Gasteiger partial charge < -0.3 is 10.1 Å². The lowest BCUT2D eigenvalue weighted by atomic mass is 10.3. The molecular weight excluding hydrogens is 178 g/mol. The average Bonchev–Trinajstić information content (AvgIpc) is 2.17. The Morgan fingerprint density at radius 1 is 1.50 bits per heavy atom. The van der Waals surface area contributed by atoms with Crippen LogP contribution in [0.3, 0.4) is 0 Å². The van der Waals surface area contributed by atoms with E-state index in [4.69, 9.17) is 4.74 Å². The predicted molar refractivity (Wildman–Crippen MR) is 56.4 cm³/mol. The fourth-order valence-electron chi connectivity index (χ4n) is 0.922. The molecule has 0 unspecified atom stereocenters. The van der Waals surface area contributed by atoms with Crippen molar-refractivity contribution in [1.82, 2.24) is 0 Å². The number of amides is 1. The first-order valence-electron chi connectivity index (χ1n) is 4.30. The number of hydrogen-bond donors (Lipinski definition) is 1. The van der Waals surface area contributed by atoms with Gasteiger partial charge in [-0.15, -0.1) is 0 Å². The minimum absolute atomic E-state index is 0.514. The third-order valence-corrected chi connectivity index (χ3v) is 1.57. The van der Waals surface area contributed by atoms with Crippen molar-refractivity contribution in [1.29, 1.82) is 0 Å². The molecule has 0 aliphatic rings. The van der Waals surface area contributed by atoms with E-state index >= 15 is 0 Å². The zero-order valence-electron chi connectivity index (χ0n) is 8.12. The van der Waals surface area contributed by atoms with E-state index < -0.39 is 0 Å². The third kappa shape index (κ3) is 3.31. The first-order valence-corrected chi connectivity index (χ1v) is 4.30. The zero-order chi connectivity index (χ0) is 10.4. The molecule has 1 rings (SSSR count). The van der Waals surface area contributed by atoms with Gasteiger partial charge in [0.15, 0.2) is 0 Å². The molecule has 1 aromatic carbocycles. The number of hydrogen-bond acceptors (Lipinski definition) is 2. The Morgan fingerprint density at radius 3 is 2.64 bits per heavy atom. The fraction of sp³-hybridized carbons (Fsp3) is 0.182. The topological polar surface area (TPSA) is 38.3 Å². The van der Waals surface area contributed by atoms with E-state index in [2.05, 4.69) is 11.9 Å². The number of rotatable bonds is 5. The average molecular weight is 191 g/mol. The maximum atomic E-state index is 10.1. The van der Waals surface area contributed by atoms with Crippen LogP contribution in [0.4, 0.5) is 5.69 Å². The number of anilines is 1. The van der Waals surface area contributed by atoms with Gasteiger partial charge in [-0.1, -0.05) is 6.58 Å². The molecule has 0 heterocycles. The largest absolute Gasteiger partial charge is 0.489 e. The quantitative estimate of drug-likeness (QED) is 0.572. The van der Waals surface area contributed by atoms with Crippen LogP contribution in [0.1, 0.15) is 6.92 Å². The van der Waals surface area contributed by atoms with E-state index in [1.807, 2.05) is 6.92 Å². The van der Waals surface area contributed by atoms with Gasteiger partial charge in [-0.3, -0.25) is 4.79 Å². The molecule has 0 atom stereocenters. The van der Waals surface area contributed by atoms with E-state index in [0.29, 0.717) is 13.0 Å². The highest BCUT2D eigenvalue weighted by Gasteiger charge is 1.94. The van der Waals surface area contributed by atoms with Gasteiger partial charge in [0, 0.05) is 5.69 Å². The van der Waals surface area contributed by atoms with Gasteiger partial charge in [0.2, 0.25) is 6.41 Å². The maximum absolute atomic E-state index is 10.1. The molecule has 0 aliphatic carbocycles. The summed E-state index contributed by atoms with van der Waals surface area (Å²) in [5.41, 5.74) is 1.72. The lowest BCUT2D eigenvalue weighted by Gasteiger charge is -2.05. The summed E-state index contributed by atoms with van der Waals surface area (Å²) in [6.45, 7) is 6.15. The van der Waals surface area contributed by atoms with E-state index in [0.717, 1.165) is 17.0 Å². The molecule has 3 heteroatoms. The SMILES string of the molecule is C=C(C)COc1ccc(NC=O)cc1. The van der Waals surface area contributed by atoms with Crippen LogP contribution < -0.4 is 10.1 Å². The summed E-state index contributed by atoms with van der Waals surface area (Å²) in [4.78, 5) is 10.1. The Morgan fingerprint density at radius 2 is 2.14 bits per heavy atom. The standard InChI is InChI=1S/C11H13NO2/c1-9(2)7-14-11-5-3-10(4-6-11)12-8-13/h3-6,8H,1,7H2,2H3,(H,12,13). The summed E-state index contributed by atoms with van der Waals surface area (Å²) >= 11 is 0. The zero-order valence-corrected chi connectivity index (χ0v) is 8.12. The predicted octanol–water partition coefficient (Wildman–Crippen LogP) is 2.21. The molecule has 0 aromatic heterocycles. The highest BCUT2D eigenvalue weighted by Crippen LogP contribution is 2.15.